The Morgan fingerprint density at radius 3 is 2.75 bits per heavy atom. The van der Waals surface area contributed by atoms with Crippen molar-refractivity contribution in [1.82, 2.24) is 0 Å². The predicted molar refractivity (Wildman–Crippen MR) is 43.4 cm³/mol. The Labute approximate surface area is 71.9 Å². The number of likely N-dealkylation sites (N-methyl/N-ethyl adjacent to an activating group) is 1. The first-order valence-electron chi connectivity index (χ1n) is 4.54. The second-order valence-electron chi connectivity index (χ2n) is 4.48. The Kier molecular flexibility index (Phi) is 1.55. The summed E-state index contributed by atoms with van der Waals surface area (Å²) in [5.41, 5.74) is 0. The summed E-state index contributed by atoms with van der Waals surface area (Å²) in [6.07, 6.45) is 1.18. The van der Waals surface area contributed by atoms with Crippen LogP contribution in [0.1, 0.15) is 19.3 Å². The molecule has 0 amide bonds. The van der Waals surface area contributed by atoms with Gasteiger partial charge in [-0.05, 0) is 0 Å². The zero-order chi connectivity index (χ0) is 8.93. The molecule has 0 N–H and O–H groups in total. The average Bonchev–Trinajstić information content (AvgIpc) is 2.14. The van der Waals surface area contributed by atoms with Gasteiger partial charge in [-0.25, -0.2) is 4.39 Å². The van der Waals surface area contributed by atoms with Gasteiger partial charge in [0.25, 0.3) is 0 Å². The molecule has 12 heavy (non-hydrogen) atoms. The second kappa shape index (κ2) is 2.28. The maximum Gasteiger partial charge on any atom is 0.224 e. The van der Waals surface area contributed by atoms with Gasteiger partial charge >= 0.3 is 0 Å². The van der Waals surface area contributed by atoms with Crippen molar-refractivity contribution in [3.8, 4) is 0 Å². The molecule has 3 atom stereocenters. The SMILES string of the molecule is C[N+]1(C)[C@@H]2CC[C@H]1C(=O)[C@H](F)C2. The van der Waals surface area contributed by atoms with Crippen molar-refractivity contribution in [2.24, 2.45) is 0 Å². The molecule has 0 saturated carbocycles. The number of carbonyl (C=O) groups is 1. The zero-order valence-electron chi connectivity index (χ0n) is 7.59. The standard InChI is InChI=1S/C9H15FNO/c1-11(2)6-3-4-8(11)9(12)7(10)5-6/h6-8H,3-5H2,1-2H3/q+1/t6-,7-,8+/m1/s1. The molecule has 0 aromatic carbocycles. The Bertz CT molecular complexity index is 227. The molecule has 2 saturated heterocycles. The van der Waals surface area contributed by atoms with Gasteiger partial charge in [-0.2, -0.15) is 0 Å². The highest BCUT2D eigenvalue weighted by Crippen LogP contribution is 2.38. The van der Waals surface area contributed by atoms with Crippen LogP contribution in [-0.2, 0) is 4.79 Å². The van der Waals surface area contributed by atoms with Crippen LogP contribution in [0.15, 0.2) is 0 Å². The minimum Gasteiger partial charge on any atom is -0.317 e. The molecule has 2 heterocycles. The second-order valence-corrected chi connectivity index (χ2v) is 4.48. The highest BCUT2D eigenvalue weighted by atomic mass is 19.1. The van der Waals surface area contributed by atoms with E-state index >= 15 is 0 Å². The maximum atomic E-state index is 13.1. The Hall–Kier alpha value is -0.440. The highest BCUT2D eigenvalue weighted by Gasteiger charge is 2.54. The summed E-state index contributed by atoms with van der Waals surface area (Å²) in [6, 6.07) is 0.321. The fraction of sp³-hybridized carbons (Fsp3) is 0.889. The van der Waals surface area contributed by atoms with E-state index in [9.17, 15) is 9.18 Å². The van der Waals surface area contributed by atoms with Crippen LogP contribution in [0, 0.1) is 0 Å². The van der Waals surface area contributed by atoms with E-state index in [2.05, 4.69) is 0 Å². The number of hydrogen-bond donors (Lipinski definition) is 0. The van der Waals surface area contributed by atoms with Crippen LogP contribution in [0.4, 0.5) is 4.39 Å². The molecule has 2 nitrogen and oxygen atoms in total. The highest BCUT2D eigenvalue weighted by molar-refractivity contribution is 5.88. The van der Waals surface area contributed by atoms with Crippen LogP contribution >= 0.6 is 0 Å². The fourth-order valence-corrected chi connectivity index (χ4v) is 2.69. The number of hydrogen-bond acceptors (Lipinski definition) is 1. The number of quaternary nitrogens is 1. The molecule has 0 spiro atoms. The van der Waals surface area contributed by atoms with Crippen molar-refractivity contribution in [3.05, 3.63) is 0 Å². The minimum atomic E-state index is -1.17. The fourth-order valence-electron chi connectivity index (χ4n) is 2.69. The van der Waals surface area contributed by atoms with Gasteiger partial charge in [0.2, 0.25) is 5.78 Å². The van der Waals surface area contributed by atoms with Crippen molar-refractivity contribution in [2.75, 3.05) is 14.1 Å². The molecule has 2 rings (SSSR count). The average molecular weight is 172 g/mol. The van der Waals surface area contributed by atoms with E-state index in [1.165, 1.54) is 0 Å². The Morgan fingerprint density at radius 1 is 1.42 bits per heavy atom. The first kappa shape index (κ1) is 8.17. The first-order chi connectivity index (χ1) is 5.53. The van der Waals surface area contributed by atoms with E-state index < -0.39 is 6.17 Å². The van der Waals surface area contributed by atoms with Crippen molar-refractivity contribution >= 4 is 5.78 Å². The Morgan fingerprint density at radius 2 is 2.08 bits per heavy atom. The third-order valence-electron chi connectivity index (χ3n) is 3.63. The topological polar surface area (TPSA) is 17.1 Å². The molecule has 2 fully saturated rings. The van der Waals surface area contributed by atoms with E-state index in [0.29, 0.717) is 12.5 Å². The van der Waals surface area contributed by atoms with Gasteiger partial charge in [-0.1, -0.05) is 0 Å². The van der Waals surface area contributed by atoms with Crippen LogP contribution in [0.5, 0.6) is 0 Å². The molecule has 2 bridgehead atoms. The number of ketones is 1. The molecular weight excluding hydrogens is 157 g/mol. The van der Waals surface area contributed by atoms with E-state index in [4.69, 9.17) is 0 Å². The lowest BCUT2D eigenvalue weighted by molar-refractivity contribution is -0.920. The number of nitrogens with zero attached hydrogens (tertiary/aromatic N) is 1. The first-order valence-corrected chi connectivity index (χ1v) is 4.54. The Balaban J connectivity index is 2.32. The smallest absolute Gasteiger partial charge is 0.224 e. The van der Waals surface area contributed by atoms with E-state index in [-0.39, 0.29) is 11.8 Å². The van der Waals surface area contributed by atoms with E-state index in [1.807, 2.05) is 14.1 Å². The molecule has 0 radical (unpaired) electrons. The van der Waals surface area contributed by atoms with Crippen LogP contribution < -0.4 is 0 Å². The molecular formula is C9H15FNO+. The van der Waals surface area contributed by atoms with Gasteiger partial charge in [-0.15, -0.1) is 0 Å². The minimum absolute atomic E-state index is 0.0567. The van der Waals surface area contributed by atoms with Gasteiger partial charge < -0.3 is 4.48 Å². The van der Waals surface area contributed by atoms with E-state index in [1.54, 1.807) is 0 Å². The molecule has 2 aliphatic rings. The van der Waals surface area contributed by atoms with Crippen LogP contribution in [0.25, 0.3) is 0 Å². The summed E-state index contributed by atoms with van der Waals surface area (Å²) in [4.78, 5) is 11.4. The monoisotopic (exact) mass is 172 g/mol. The van der Waals surface area contributed by atoms with Crippen molar-refractivity contribution in [2.45, 2.75) is 37.5 Å². The van der Waals surface area contributed by atoms with Gasteiger partial charge in [0, 0.05) is 19.3 Å². The lowest BCUT2D eigenvalue weighted by Crippen LogP contribution is -2.59. The summed E-state index contributed by atoms with van der Waals surface area (Å²) in [5.74, 6) is -0.159. The quantitative estimate of drug-likeness (QED) is 0.496. The van der Waals surface area contributed by atoms with Gasteiger partial charge in [0.1, 0.15) is 0 Å². The molecule has 0 aliphatic carbocycles. The molecule has 68 valence electrons. The summed E-state index contributed by atoms with van der Waals surface area (Å²) < 4.78 is 13.8. The number of Topliss-reactive ketones (excluding diaryl/α,β-unsaturated/α-hetero) is 1. The molecule has 0 aromatic heterocycles. The van der Waals surface area contributed by atoms with Crippen LogP contribution in [-0.4, -0.2) is 42.6 Å². The zero-order valence-corrected chi connectivity index (χ0v) is 7.59. The largest absolute Gasteiger partial charge is 0.317 e. The van der Waals surface area contributed by atoms with Gasteiger partial charge in [0.15, 0.2) is 12.2 Å². The van der Waals surface area contributed by atoms with E-state index in [0.717, 1.165) is 17.3 Å². The number of piperidine rings is 1. The summed E-state index contributed by atoms with van der Waals surface area (Å²) in [7, 11) is 4.10. The van der Waals surface area contributed by atoms with Gasteiger partial charge in [0.05, 0.1) is 20.1 Å². The number of carbonyl (C=O) groups excluding carboxylic acids is 1. The van der Waals surface area contributed by atoms with Crippen LogP contribution in [0.2, 0.25) is 0 Å². The number of halogens is 1. The summed E-state index contributed by atoms with van der Waals surface area (Å²) in [5, 5.41) is 0. The molecule has 0 unspecified atom stereocenters. The summed E-state index contributed by atoms with van der Waals surface area (Å²) in [6.45, 7) is 0. The number of alkyl halides is 1. The maximum absolute atomic E-state index is 13.1. The third-order valence-corrected chi connectivity index (χ3v) is 3.63. The predicted octanol–water partition coefficient (Wildman–Crippen LogP) is 0.905. The lowest BCUT2D eigenvalue weighted by atomic mass is 9.98. The molecule has 3 heteroatoms. The van der Waals surface area contributed by atoms with Gasteiger partial charge in [-0.3, -0.25) is 4.79 Å². The number of fused-ring (bicyclic) bond motifs is 2. The summed E-state index contributed by atoms with van der Waals surface area (Å²) >= 11 is 0. The number of rotatable bonds is 0. The molecule has 2 aliphatic heterocycles. The molecule has 0 aromatic rings. The van der Waals surface area contributed by atoms with Crippen LogP contribution in [0.3, 0.4) is 0 Å². The van der Waals surface area contributed by atoms with Crippen molar-refractivity contribution in [1.29, 1.82) is 0 Å². The lowest BCUT2D eigenvalue weighted by Gasteiger charge is -2.41. The van der Waals surface area contributed by atoms with Crippen molar-refractivity contribution in [3.63, 3.8) is 0 Å². The normalized spacial score (nSPS) is 44.9. The third kappa shape index (κ3) is 0.859. The van der Waals surface area contributed by atoms with Crippen molar-refractivity contribution < 1.29 is 13.7 Å².